The molecule has 3 fully saturated rings. The molecule has 4 atom stereocenters. The second-order valence-electron chi connectivity index (χ2n) is 11.1. The van der Waals surface area contributed by atoms with Crippen molar-refractivity contribution in [1.29, 1.82) is 0 Å². The lowest BCUT2D eigenvalue weighted by Crippen LogP contribution is -2.59. The van der Waals surface area contributed by atoms with Crippen LogP contribution in [0.25, 0.3) is 11.0 Å². The maximum atomic E-state index is 12.5. The molecule has 5 heteroatoms. The molecule has 3 aliphatic heterocycles. The Hall–Kier alpha value is -2.11. The standard InChI is InChI=1S/C29H38N2O3/c1-2-3-7-19-16-27(33)34-29-23(19)10-11-26(32)24(29)18-31-13-6-8-20-14-21-15-22(28(20)31)17-30-12-5-4-9-25(21)30/h10-11,14,16,21-22,25,28,32H,2-9,12-13,15,17-18H2,1H3/t21-,22-,25+,28+/m0/s1. The maximum absolute atomic E-state index is 12.5. The molecule has 0 spiro atoms. The normalized spacial score (nSPS) is 29.5. The first-order valence-corrected chi connectivity index (χ1v) is 13.6. The number of likely N-dealkylation sites (tertiary alicyclic amines) is 1. The summed E-state index contributed by atoms with van der Waals surface area (Å²) in [6, 6.07) is 6.55. The van der Waals surface area contributed by atoms with Crippen LogP contribution >= 0.6 is 0 Å². The maximum Gasteiger partial charge on any atom is 0.336 e. The van der Waals surface area contributed by atoms with Gasteiger partial charge in [-0.3, -0.25) is 9.80 Å². The predicted molar refractivity (Wildman–Crippen MR) is 135 cm³/mol. The van der Waals surface area contributed by atoms with Gasteiger partial charge in [0.2, 0.25) is 0 Å². The number of benzene rings is 1. The Morgan fingerprint density at radius 2 is 2.09 bits per heavy atom. The minimum Gasteiger partial charge on any atom is -0.507 e. The average Bonchev–Trinajstić information content (AvgIpc) is 2.84. The van der Waals surface area contributed by atoms with Gasteiger partial charge >= 0.3 is 5.63 Å². The highest BCUT2D eigenvalue weighted by atomic mass is 16.4. The van der Waals surface area contributed by atoms with E-state index in [2.05, 4.69) is 22.8 Å². The molecular formula is C29H38N2O3. The molecule has 182 valence electrons. The fourth-order valence-electron chi connectivity index (χ4n) is 7.53. The average molecular weight is 463 g/mol. The number of rotatable bonds is 5. The van der Waals surface area contributed by atoms with Crippen LogP contribution in [-0.2, 0) is 13.0 Å². The number of phenolic OH excluding ortho intramolecular Hbond substituents is 1. The Kier molecular flexibility index (Phi) is 6.02. The van der Waals surface area contributed by atoms with Gasteiger partial charge in [0.15, 0.2) is 0 Å². The molecule has 0 saturated carbocycles. The Balaban J connectivity index is 1.35. The van der Waals surface area contributed by atoms with Crippen molar-refractivity contribution in [3.8, 4) is 5.75 Å². The molecule has 4 heterocycles. The van der Waals surface area contributed by atoms with Crippen LogP contribution in [0.5, 0.6) is 5.75 Å². The van der Waals surface area contributed by atoms with Crippen LogP contribution in [0.4, 0.5) is 0 Å². The van der Waals surface area contributed by atoms with Gasteiger partial charge in [-0.1, -0.05) is 31.4 Å². The molecule has 2 aromatic rings. The number of hydrogen-bond acceptors (Lipinski definition) is 5. The molecule has 0 amide bonds. The van der Waals surface area contributed by atoms with Crippen molar-refractivity contribution in [2.75, 3.05) is 19.6 Å². The molecule has 1 N–H and O–H groups in total. The second-order valence-corrected chi connectivity index (χ2v) is 11.1. The van der Waals surface area contributed by atoms with Crippen LogP contribution < -0.4 is 5.63 Å². The van der Waals surface area contributed by atoms with Gasteiger partial charge in [0, 0.05) is 36.6 Å². The molecule has 34 heavy (non-hydrogen) atoms. The third-order valence-electron chi connectivity index (χ3n) is 9.00. The summed E-state index contributed by atoms with van der Waals surface area (Å²) in [5.74, 6) is 1.62. The van der Waals surface area contributed by atoms with Gasteiger partial charge in [-0.25, -0.2) is 4.79 Å². The van der Waals surface area contributed by atoms with Gasteiger partial charge in [0.25, 0.3) is 0 Å². The van der Waals surface area contributed by atoms with Crippen LogP contribution in [0.1, 0.15) is 69.4 Å². The van der Waals surface area contributed by atoms with E-state index in [1.807, 2.05) is 6.07 Å². The summed E-state index contributed by atoms with van der Waals surface area (Å²) in [4.78, 5) is 17.8. The molecule has 0 radical (unpaired) electrons. The van der Waals surface area contributed by atoms with Crippen molar-refractivity contribution in [3.63, 3.8) is 0 Å². The zero-order valence-corrected chi connectivity index (χ0v) is 20.5. The number of aryl methyl sites for hydroxylation is 1. The van der Waals surface area contributed by atoms with E-state index in [-0.39, 0.29) is 11.4 Å². The first-order chi connectivity index (χ1) is 16.6. The van der Waals surface area contributed by atoms with E-state index >= 15 is 0 Å². The molecular weight excluding hydrogens is 424 g/mol. The first kappa shape index (κ1) is 22.4. The predicted octanol–water partition coefficient (Wildman–Crippen LogP) is 5.24. The van der Waals surface area contributed by atoms with Gasteiger partial charge in [0.1, 0.15) is 11.3 Å². The molecule has 5 nitrogen and oxygen atoms in total. The van der Waals surface area contributed by atoms with Gasteiger partial charge in [-0.15, -0.1) is 0 Å². The largest absolute Gasteiger partial charge is 0.507 e. The van der Waals surface area contributed by atoms with Crippen LogP contribution in [-0.4, -0.2) is 46.6 Å². The van der Waals surface area contributed by atoms with Gasteiger partial charge < -0.3 is 9.52 Å². The molecule has 3 saturated heterocycles. The summed E-state index contributed by atoms with van der Waals surface area (Å²) < 4.78 is 5.76. The van der Waals surface area contributed by atoms with Crippen LogP contribution in [0, 0.1) is 11.8 Å². The number of fused-ring (bicyclic) bond motifs is 7. The molecule has 4 aliphatic rings. The number of piperidine rings is 3. The highest BCUT2D eigenvalue weighted by Crippen LogP contribution is 2.45. The molecule has 1 aromatic carbocycles. The lowest BCUT2D eigenvalue weighted by molar-refractivity contribution is -0.00274. The number of hydrogen-bond donors (Lipinski definition) is 1. The quantitative estimate of drug-likeness (QED) is 0.487. The lowest BCUT2D eigenvalue weighted by atomic mass is 9.68. The summed E-state index contributed by atoms with van der Waals surface area (Å²) in [6.07, 6.45) is 13.4. The van der Waals surface area contributed by atoms with Crippen LogP contribution in [0.3, 0.4) is 0 Å². The number of aromatic hydroxyl groups is 1. The Morgan fingerprint density at radius 3 is 2.97 bits per heavy atom. The zero-order chi connectivity index (χ0) is 23.2. The highest BCUT2D eigenvalue weighted by molar-refractivity contribution is 5.85. The third-order valence-corrected chi connectivity index (χ3v) is 9.00. The van der Waals surface area contributed by atoms with E-state index < -0.39 is 0 Å². The van der Waals surface area contributed by atoms with Gasteiger partial charge in [0.05, 0.1) is 5.56 Å². The lowest BCUT2D eigenvalue weighted by Gasteiger charge is -2.54. The van der Waals surface area contributed by atoms with E-state index in [4.69, 9.17) is 4.42 Å². The van der Waals surface area contributed by atoms with E-state index in [0.29, 0.717) is 24.1 Å². The molecule has 6 rings (SSSR count). The first-order valence-electron chi connectivity index (χ1n) is 13.6. The third kappa shape index (κ3) is 3.91. The SMILES string of the molecule is CCCCc1cc(=O)oc2c(CN3CCCC4=C[C@H]5C[C@@H](CN6CCCC[C@H]56)[C@@H]43)c(O)ccc12. The fourth-order valence-corrected chi connectivity index (χ4v) is 7.53. The number of phenols is 1. The second kappa shape index (κ2) is 9.16. The van der Waals surface area contributed by atoms with Crippen LogP contribution in [0.2, 0.25) is 0 Å². The molecule has 1 aliphatic carbocycles. The van der Waals surface area contributed by atoms with Crippen molar-refractivity contribution in [2.45, 2.75) is 83.3 Å². The summed E-state index contributed by atoms with van der Waals surface area (Å²) >= 11 is 0. The molecule has 0 unspecified atom stereocenters. The summed E-state index contributed by atoms with van der Waals surface area (Å²) in [7, 11) is 0. The van der Waals surface area contributed by atoms with Gasteiger partial charge in [-0.2, -0.15) is 0 Å². The number of unbranched alkanes of at least 4 members (excludes halogenated alkanes) is 1. The van der Waals surface area contributed by atoms with Gasteiger partial charge in [-0.05, 0) is 87.6 Å². The summed E-state index contributed by atoms with van der Waals surface area (Å²) in [6.45, 7) is 6.29. The van der Waals surface area contributed by atoms with Crippen molar-refractivity contribution in [2.24, 2.45) is 11.8 Å². The zero-order valence-electron chi connectivity index (χ0n) is 20.5. The van der Waals surface area contributed by atoms with E-state index in [9.17, 15) is 9.90 Å². The monoisotopic (exact) mass is 462 g/mol. The Morgan fingerprint density at radius 1 is 1.18 bits per heavy atom. The van der Waals surface area contributed by atoms with E-state index in [0.717, 1.165) is 60.7 Å². The minimum atomic E-state index is -0.311. The number of nitrogens with zero attached hydrogens (tertiary/aromatic N) is 2. The smallest absolute Gasteiger partial charge is 0.336 e. The fraction of sp³-hybridized carbons (Fsp3) is 0.621. The summed E-state index contributed by atoms with van der Waals surface area (Å²) in [5, 5.41) is 11.9. The summed E-state index contributed by atoms with van der Waals surface area (Å²) in [5.41, 5.74) is 3.72. The van der Waals surface area contributed by atoms with Crippen molar-refractivity contribution in [3.05, 3.63) is 51.4 Å². The molecule has 2 bridgehead atoms. The topological polar surface area (TPSA) is 56.9 Å². The minimum absolute atomic E-state index is 0.243. The van der Waals surface area contributed by atoms with Crippen molar-refractivity contribution < 1.29 is 9.52 Å². The highest BCUT2D eigenvalue weighted by Gasteiger charge is 2.46. The Labute approximate surface area is 202 Å². The van der Waals surface area contributed by atoms with Crippen LogP contribution in [0.15, 0.2) is 39.1 Å². The van der Waals surface area contributed by atoms with Crippen molar-refractivity contribution >= 4 is 11.0 Å². The van der Waals surface area contributed by atoms with E-state index in [1.165, 1.54) is 45.2 Å². The van der Waals surface area contributed by atoms with Crippen molar-refractivity contribution in [1.82, 2.24) is 9.80 Å². The Bertz CT molecular complexity index is 1150. The molecule has 1 aromatic heterocycles. The van der Waals surface area contributed by atoms with E-state index in [1.54, 1.807) is 17.7 Å².